The molecule has 12 nitrogen and oxygen atoms in total. The van der Waals surface area contributed by atoms with Crippen LogP contribution in [0.25, 0.3) is 0 Å². The minimum absolute atomic E-state index is 0.0663. The predicted octanol–water partition coefficient (Wildman–Crippen LogP) is 3.25. The summed E-state index contributed by atoms with van der Waals surface area (Å²) in [5.41, 5.74) is 8.56. The van der Waals surface area contributed by atoms with Crippen molar-refractivity contribution in [2.24, 2.45) is 5.73 Å². The lowest BCUT2D eigenvalue weighted by atomic mass is 9.80. The van der Waals surface area contributed by atoms with Crippen LogP contribution in [-0.4, -0.2) is 73.4 Å². The SMILES string of the molecule is NC(=O)C1=C(Cc2ccccc2)Nc2nc(N3CCOCC3)nc(N3CCOCC3)c2C1c1cccc([N+](=O)[O-])c1Cl. The highest BCUT2D eigenvalue weighted by atomic mass is 35.5. The number of halogens is 1. The summed E-state index contributed by atoms with van der Waals surface area (Å²) >= 11 is 6.74. The highest BCUT2D eigenvalue weighted by molar-refractivity contribution is 6.33. The van der Waals surface area contributed by atoms with Crippen LogP contribution >= 0.6 is 11.6 Å². The molecule has 0 saturated carbocycles. The molecule has 0 bridgehead atoms. The largest absolute Gasteiger partial charge is 0.378 e. The summed E-state index contributed by atoms with van der Waals surface area (Å²) in [5.74, 6) is 0.0914. The fourth-order valence-corrected chi connectivity index (χ4v) is 6.00. The number of aromatic nitrogens is 2. The van der Waals surface area contributed by atoms with Gasteiger partial charge in [-0.2, -0.15) is 9.97 Å². The third kappa shape index (κ3) is 5.36. The molecule has 3 N–H and O–H groups in total. The first-order chi connectivity index (χ1) is 20.4. The molecular weight excluding hydrogens is 562 g/mol. The maximum Gasteiger partial charge on any atom is 0.288 e. The Kier molecular flexibility index (Phi) is 7.92. The van der Waals surface area contributed by atoms with Gasteiger partial charge in [0.05, 0.1) is 37.3 Å². The van der Waals surface area contributed by atoms with Crippen LogP contribution in [-0.2, 0) is 20.7 Å². The Morgan fingerprint density at radius 2 is 1.67 bits per heavy atom. The first kappa shape index (κ1) is 27.9. The Balaban J connectivity index is 1.61. The molecule has 2 fully saturated rings. The van der Waals surface area contributed by atoms with Crippen molar-refractivity contribution >= 4 is 40.8 Å². The van der Waals surface area contributed by atoms with Gasteiger partial charge < -0.3 is 30.3 Å². The molecule has 4 heterocycles. The van der Waals surface area contributed by atoms with Crippen molar-refractivity contribution in [3.05, 3.63) is 91.6 Å². The Morgan fingerprint density at radius 3 is 2.31 bits per heavy atom. The molecule has 3 aliphatic heterocycles. The van der Waals surface area contributed by atoms with E-state index >= 15 is 0 Å². The van der Waals surface area contributed by atoms with E-state index in [1.165, 1.54) is 6.07 Å². The van der Waals surface area contributed by atoms with Crippen LogP contribution in [0.15, 0.2) is 59.8 Å². The zero-order valence-corrected chi connectivity index (χ0v) is 23.5. The number of allylic oxidation sites excluding steroid dienone is 1. The van der Waals surface area contributed by atoms with Gasteiger partial charge in [-0.1, -0.05) is 54.1 Å². The number of nitrogens with zero attached hydrogens (tertiary/aromatic N) is 5. The highest BCUT2D eigenvalue weighted by Gasteiger charge is 2.40. The molecule has 42 heavy (non-hydrogen) atoms. The van der Waals surface area contributed by atoms with E-state index < -0.39 is 16.7 Å². The van der Waals surface area contributed by atoms with Crippen molar-refractivity contribution < 1.29 is 19.2 Å². The second-order valence-electron chi connectivity index (χ2n) is 10.2. The number of fused-ring (bicyclic) bond motifs is 1. The van der Waals surface area contributed by atoms with Crippen molar-refractivity contribution in [1.29, 1.82) is 0 Å². The van der Waals surface area contributed by atoms with Gasteiger partial charge in [0.2, 0.25) is 11.9 Å². The molecule has 1 unspecified atom stereocenters. The monoisotopic (exact) mass is 591 g/mol. The number of ether oxygens (including phenoxy) is 2. The molecule has 218 valence electrons. The molecule has 1 aromatic heterocycles. The minimum atomic E-state index is -0.860. The van der Waals surface area contributed by atoms with Gasteiger partial charge in [-0.05, 0) is 11.1 Å². The number of carbonyl (C=O) groups excluding carboxylic acids is 1. The van der Waals surface area contributed by atoms with E-state index in [1.54, 1.807) is 12.1 Å². The van der Waals surface area contributed by atoms with E-state index in [2.05, 4.69) is 15.1 Å². The number of primary amides is 1. The number of hydrogen-bond donors (Lipinski definition) is 2. The van der Waals surface area contributed by atoms with Gasteiger partial charge in [-0.15, -0.1) is 0 Å². The average molecular weight is 592 g/mol. The number of rotatable bonds is 7. The zero-order valence-electron chi connectivity index (χ0n) is 22.8. The third-order valence-corrected chi connectivity index (χ3v) is 8.11. The molecule has 0 aliphatic carbocycles. The van der Waals surface area contributed by atoms with Gasteiger partial charge in [0.15, 0.2) is 0 Å². The van der Waals surface area contributed by atoms with E-state index in [-0.39, 0.29) is 16.3 Å². The molecule has 2 saturated heterocycles. The van der Waals surface area contributed by atoms with Gasteiger partial charge in [0.25, 0.3) is 5.69 Å². The van der Waals surface area contributed by atoms with Crippen molar-refractivity contribution in [3.63, 3.8) is 0 Å². The number of benzene rings is 2. The first-order valence-corrected chi connectivity index (χ1v) is 14.1. The van der Waals surface area contributed by atoms with E-state index in [0.29, 0.717) is 93.4 Å². The molecule has 3 aliphatic rings. The van der Waals surface area contributed by atoms with Crippen molar-refractivity contribution in [2.75, 3.05) is 67.7 Å². The number of amides is 1. The van der Waals surface area contributed by atoms with Crippen LogP contribution in [0, 0.1) is 10.1 Å². The molecule has 3 aromatic rings. The Bertz CT molecular complexity index is 1540. The van der Waals surface area contributed by atoms with Crippen LogP contribution in [0.3, 0.4) is 0 Å². The summed E-state index contributed by atoms with van der Waals surface area (Å²) in [5, 5.41) is 15.3. The second kappa shape index (κ2) is 11.9. The third-order valence-electron chi connectivity index (χ3n) is 7.70. The van der Waals surface area contributed by atoms with Crippen LogP contribution in [0.5, 0.6) is 0 Å². The number of anilines is 3. The first-order valence-electron chi connectivity index (χ1n) is 13.8. The quantitative estimate of drug-likeness (QED) is 0.310. The van der Waals surface area contributed by atoms with Gasteiger partial charge in [0.1, 0.15) is 16.7 Å². The average Bonchev–Trinajstić information content (AvgIpc) is 3.01. The smallest absolute Gasteiger partial charge is 0.288 e. The van der Waals surface area contributed by atoms with Crippen molar-refractivity contribution in [3.8, 4) is 0 Å². The molecule has 2 aromatic carbocycles. The highest BCUT2D eigenvalue weighted by Crippen LogP contribution is 2.49. The number of nitrogens with two attached hydrogens (primary N) is 1. The van der Waals surface area contributed by atoms with E-state index in [9.17, 15) is 14.9 Å². The summed E-state index contributed by atoms with van der Waals surface area (Å²) in [7, 11) is 0. The second-order valence-corrected chi connectivity index (χ2v) is 10.6. The Labute approximate surface area is 247 Å². The van der Waals surface area contributed by atoms with E-state index in [1.807, 2.05) is 30.3 Å². The van der Waals surface area contributed by atoms with Gasteiger partial charge >= 0.3 is 0 Å². The van der Waals surface area contributed by atoms with Crippen LogP contribution < -0.4 is 20.9 Å². The summed E-state index contributed by atoms with van der Waals surface area (Å²) in [6.07, 6.45) is 0.353. The summed E-state index contributed by atoms with van der Waals surface area (Å²) in [6, 6.07) is 14.3. The lowest BCUT2D eigenvalue weighted by Gasteiger charge is -2.37. The van der Waals surface area contributed by atoms with Crippen molar-refractivity contribution in [1.82, 2.24) is 9.97 Å². The molecule has 13 heteroatoms. The lowest BCUT2D eigenvalue weighted by molar-refractivity contribution is -0.384. The maximum absolute atomic E-state index is 13.3. The number of carbonyl (C=O) groups is 1. The summed E-state index contributed by atoms with van der Waals surface area (Å²) in [4.78, 5) is 38.9. The Morgan fingerprint density at radius 1 is 1.00 bits per heavy atom. The maximum atomic E-state index is 13.3. The number of nitro groups is 1. The molecule has 6 rings (SSSR count). The number of nitrogens with one attached hydrogen (secondary N) is 1. The van der Waals surface area contributed by atoms with Gasteiger partial charge in [-0.3, -0.25) is 14.9 Å². The molecule has 1 atom stereocenters. The van der Waals surface area contributed by atoms with Crippen LogP contribution in [0.4, 0.5) is 23.3 Å². The van der Waals surface area contributed by atoms with Crippen LogP contribution in [0.2, 0.25) is 5.02 Å². The molecule has 1 amide bonds. The summed E-state index contributed by atoms with van der Waals surface area (Å²) < 4.78 is 11.2. The predicted molar refractivity (Wildman–Crippen MR) is 158 cm³/mol. The van der Waals surface area contributed by atoms with Crippen molar-refractivity contribution in [2.45, 2.75) is 12.3 Å². The van der Waals surface area contributed by atoms with Gasteiger partial charge in [-0.25, -0.2) is 0 Å². The molecular formula is C29H30ClN7O5. The number of hydrogen-bond acceptors (Lipinski definition) is 10. The molecule has 0 spiro atoms. The van der Waals surface area contributed by atoms with E-state index in [4.69, 9.17) is 36.8 Å². The fourth-order valence-electron chi connectivity index (χ4n) is 5.70. The Hall–Kier alpha value is -4.26. The van der Waals surface area contributed by atoms with Gasteiger partial charge in [0, 0.05) is 55.5 Å². The normalized spacial score (nSPS) is 18.8. The fraction of sp³-hybridized carbons (Fsp3) is 0.345. The van der Waals surface area contributed by atoms with Crippen LogP contribution in [0.1, 0.15) is 22.6 Å². The topological polar surface area (TPSA) is 149 Å². The van der Waals surface area contributed by atoms with E-state index in [0.717, 1.165) is 5.56 Å². The lowest BCUT2D eigenvalue weighted by Crippen LogP contribution is -2.41. The molecule has 0 radical (unpaired) electrons. The summed E-state index contributed by atoms with van der Waals surface area (Å²) in [6.45, 7) is 4.48. The minimum Gasteiger partial charge on any atom is -0.378 e. The standard InChI is InChI=1S/C29H30ClN7O5/c30-25-19(7-4-8-21(25)37(39)40)22-23(26(31)38)20(17-18-5-2-1-3-6-18)32-27-24(22)28(35-9-13-41-14-10-35)34-29(33-27)36-11-15-42-16-12-36/h1-8,22H,9-17H2,(H2,31,38)(H,32,33,34). The number of morpholine rings is 2. The number of nitro benzene ring substituents is 1. The zero-order chi connectivity index (χ0) is 29.2.